The number of nitrogens with two attached hydrogens (primary N) is 2. The van der Waals surface area contributed by atoms with E-state index in [-0.39, 0.29) is 5.56 Å². The number of nitrogens with zero attached hydrogens (tertiary/aromatic N) is 3. The van der Waals surface area contributed by atoms with Crippen molar-refractivity contribution in [2.24, 2.45) is 5.73 Å². The third-order valence-corrected chi connectivity index (χ3v) is 2.08. The van der Waals surface area contributed by atoms with Crippen LogP contribution in [0.3, 0.4) is 0 Å². The van der Waals surface area contributed by atoms with Crippen LogP contribution in [-0.2, 0) is 0 Å². The highest BCUT2D eigenvalue weighted by Gasteiger charge is 2.01. The van der Waals surface area contributed by atoms with Gasteiger partial charge in [0.05, 0.1) is 0 Å². The quantitative estimate of drug-likeness (QED) is 0.437. The summed E-state index contributed by atoms with van der Waals surface area (Å²) in [5.74, 6) is 6.03. The summed E-state index contributed by atoms with van der Waals surface area (Å²) < 4.78 is 0.952. The summed E-state index contributed by atoms with van der Waals surface area (Å²) in [5, 5.41) is 7.53. The summed E-state index contributed by atoms with van der Waals surface area (Å²) in [6, 6.07) is 0. The minimum atomic E-state index is -0.371. The fourth-order valence-electron chi connectivity index (χ4n) is 0.581. The van der Waals surface area contributed by atoms with Crippen molar-refractivity contribution >= 4 is 11.8 Å². The average Bonchev–Trinajstić information content (AvgIpc) is 2.08. The number of nitrogen functional groups attached to an aromatic ring is 1. The molecule has 0 aliphatic rings. The van der Waals surface area contributed by atoms with E-state index in [2.05, 4.69) is 10.2 Å². The third-order valence-electron chi connectivity index (χ3n) is 1.10. The third kappa shape index (κ3) is 1.95. The number of rotatable bonds is 3. The van der Waals surface area contributed by atoms with Gasteiger partial charge < -0.3 is 11.6 Å². The molecule has 1 rings (SSSR count). The Labute approximate surface area is 72.9 Å². The predicted octanol–water partition coefficient (Wildman–Crippen LogP) is -1.60. The van der Waals surface area contributed by atoms with Crippen molar-refractivity contribution in [1.82, 2.24) is 14.9 Å². The zero-order chi connectivity index (χ0) is 8.97. The smallest absolute Gasteiger partial charge is 0.291 e. The van der Waals surface area contributed by atoms with Crippen LogP contribution < -0.4 is 17.1 Å². The maximum Gasteiger partial charge on any atom is 0.291 e. The highest BCUT2D eigenvalue weighted by molar-refractivity contribution is 7.99. The molecule has 0 amide bonds. The van der Waals surface area contributed by atoms with Gasteiger partial charge in [0.2, 0.25) is 5.16 Å². The topological polar surface area (TPSA) is 99.8 Å². The van der Waals surface area contributed by atoms with Gasteiger partial charge in [-0.1, -0.05) is 11.8 Å². The molecule has 4 N–H and O–H groups in total. The lowest BCUT2D eigenvalue weighted by Gasteiger charge is -2.01. The number of aromatic nitrogens is 3. The number of hydrogen-bond donors (Lipinski definition) is 2. The van der Waals surface area contributed by atoms with Gasteiger partial charge in [-0.05, 0) is 0 Å². The molecule has 0 aromatic carbocycles. The van der Waals surface area contributed by atoms with Gasteiger partial charge in [0.1, 0.15) is 6.20 Å². The molecular weight excluding hydrogens is 178 g/mol. The van der Waals surface area contributed by atoms with Gasteiger partial charge in [0.25, 0.3) is 5.56 Å². The second-order valence-corrected chi connectivity index (χ2v) is 3.03. The normalized spacial score (nSPS) is 10.1. The SMILES string of the molecule is NCCSc1nncc(=O)n1N. The lowest BCUT2D eigenvalue weighted by atomic mass is 10.8. The summed E-state index contributed by atoms with van der Waals surface area (Å²) in [6.45, 7) is 0.509. The molecule has 0 radical (unpaired) electrons. The largest absolute Gasteiger partial charge is 0.334 e. The van der Waals surface area contributed by atoms with Crippen LogP contribution in [-0.4, -0.2) is 27.2 Å². The van der Waals surface area contributed by atoms with E-state index in [4.69, 9.17) is 11.6 Å². The van der Waals surface area contributed by atoms with Crippen molar-refractivity contribution < 1.29 is 0 Å². The molecule has 1 aromatic rings. The monoisotopic (exact) mass is 187 g/mol. The second kappa shape index (κ2) is 4.07. The molecule has 0 spiro atoms. The summed E-state index contributed by atoms with van der Waals surface area (Å²) in [5.41, 5.74) is 4.90. The fraction of sp³-hybridized carbons (Fsp3) is 0.400. The Balaban J connectivity index is 2.85. The van der Waals surface area contributed by atoms with E-state index in [1.54, 1.807) is 0 Å². The molecule has 6 nitrogen and oxygen atoms in total. The van der Waals surface area contributed by atoms with Crippen molar-refractivity contribution in [2.45, 2.75) is 5.16 Å². The Bertz CT molecular complexity index is 311. The van der Waals surface area contributed by atoms with Crippen molar-refractivity contribution in [3.63, 3.8) is 0 Å². The van der Waals surface area contributed by atoms with Gasteiger partial charge in [-0.2, -0.15) is 9.77 Å². The fourth-order valence-corrected chi connectivity index (χ4v) is 1.22. The van der Waals surface area contributed by atoms with Crippen LogP contribution in [0.15, 0.2) is 16.1 Å². The lowest BCUT2D eigenvalue weighted by Crippen LogP contribution is -2.29. The van der Waals surface area contributed by atoms with Crippen molar-refractivity contribution in [2.75, 3.05) is 18.1 Å². The van der Waals surface area contributed by atoms with E-state index in [0.717, 1.165) is 10.9 Å². The van der Waals surface area contributed by atoms with E-state index in [1.807, 2.05) is 0 Å². The van der Waals surface area contributed by atoms with Crippen LogP contribution in [0.1, 0.15) is 0 Å². The Morgan fingerprint density at radius 3 is 3.08 bits per heavy atom. The molecule has 0 fully saturated rings. The molecule has 1 aromatic heterocycles. The molecule has 0 aliphatic heterocycles. The second-order valence-electron chi connectivity index (χ2n) is 1.97. The Hall–Kier alpha value is -1.08. The first-order valence-corrected chi connectivity index (χ1v) is 4.27. The molecule has 0 bridgehead atoms. The minimum Gasteiger partial charge on any atom is -0.334 e. The van der Waals surface area contributed by atoms with E-state index in [1.165, 1.54) is 11.8 Å². The first kappa shape index (κ1) is 9.01. The number of thioether (sulfide) groups is 1. The Kier molecular flexibility index (Phi) is 3.06. The molecule has 1 heterocycles. The van der Waals surface area contributed by atoms with Crippen LogP contribution in [0, 0.1) is 0 Å². The molecule has 0 aliphatic carbocycles. The van der Waals surface area contributed by atoms with E-state index in [0.29, 0.717) is 17.5 Å². The van der Waals surface area contributed by atoms with Gasteiger partial charge >= 0.3 is 0 Å². The van der Waals surface area contributed by atoms with Crippen LogP contribution in [0.25, 0.3) is 0 Å². The summed E-state index contributed by atoms with van der Waals surface area (Å²) in [7, 11) is 0. The van der Waals surface area contributed by atoms with Crippen LogP contribution in [0.5, 0.6) is 0 Å². The van der Waals surface area contributed by atoms with Crippen LogP contribution in [0.4, 0.5) is 0 Å². The summed E-state index contributed by atoms with van der Waals surface area (Å²) >= 11 is 1.30. The maximum absolute atomic E-state index is 10.9. The Morgan fingerprint density at radius 1 is 1.67 bits per heavy atom. The average molecular weight is 187 g/mol. The highest BCUT2D eigenvalue weighted by atomic mass is 32.2. The molecule has 0 saturated carbocycles. The molecule has 7 heteroatoms. The minimum absolute atomic E-state index is 0.371. The van der Waals surface area contributed by atoms with E-state index in [9.17, 15) is 4.79 Å². The standard InChI is InChI=1S/C5H9N5OS/c6-1-2-12-5-9-8-3-4(11)10(5)7/h3H,1-2,6-7H2. The molecule has 12 heavy (non-hydrogen) atoms. The Morgan fingerprint density at radius 2 is 2.42 bits per heavy atom. The van der Waals surface area contributed by atoms with Crippen molar-refractivity contribution in [1.29, 1.82) is 0 Å². The van der Waals surface area contributed by atoms with E-state index < -0.39 is 0 Å². The van der Waals surface area contributed by atoms with Crippen molar-refractivity contribution in [3.05, 3.63) is 16.6 Å². The first-order chi connectivity index (χ1) is 5.75. The molecular formula is C5H9N5OS. The summed E-state index contributed by atoms with van der Waals surface area (Å²) in [4.78, 5) is 10.9. The summed E-state index contributed by atoms with van der Waals surface area (Å²) in [6.07, 6.45) is 1.06. The van der Waals surface area contributed by atoms with Gasteiger partial charge in [0.15, 0.2) is 0 Å². The van der Waals surface area contributed by atoms with Crippen LogP contribution >= 0.6 is 11.8 Å². The van der Waals surface area contributed by atoms with Gasteiger partial charge in [-0.15, -0.1) is 5.10 Å². The molecule has 66 valence electrons. The van der Waals surface area contributed by atoms with Gasteiger partial charge in [-0.25, -0.2) is 0 Å². The van der Waals surface area contributed by atoms with Gasteiger partial charge in [-0.3, -0.25) is 4.79 Å². The first-order valence-electron chi connectivity index (χ1n) is 3.28. The lowest BCUT2D eigenvalue weighted by molar-refractivity contribution is 0.698. The number of hydrogen-bond acceptors (Lipinski definition) is 6. The van der Waals surface area contributed by atoms with Crippen LogP contribution in [0.2, 0.25) is 0 Å². The van der Waals surface area contributed by atoms with Gasteiger partial charge in [0, 0.05) is 12.3 Å². The molecule has 0 atom stereocenters. The van der Waals surface area contributed by atoms with Crippen molar-refractivity contribution in [3.8, 4) is 0 Å². The highest BCUT2D eigenvalue weighted by Crippen LogP contribution is 2.08. The van der Waals surface area contributed by atoms with E-state index >= 15 is 0 Å². The molecule has 0 saturated heterocycles. The molecule has 0 unspecified atom stereocenters. The maximum atomic E-state index is 10.9. The predicted molar refractivity (Wildman–Crippen MR) is 46.2 cm³/mol. The zero-order valence-electron chi connectivity index (χ0n) is 6.30. The zero-order valence-corrected chi connectivity index (χ0v) is 7.12.